The highest BCUT2D eigenvalue weighted by atomic mass is 16.3. The van der Waals surface area contributed by atoms with Crippen molar-refractivity contribution < 1.29 is 5.11 Å². The number of aliphatic hydroxyl groups excluding tert-OH is 1. The van der Waals surface area contributed by atoms with Gasteiger partial charge in [-0.25, -0.2) is 4.68 Å². The number of aliphatic hydroxyl groups is 1. The van der Waals surface area contributed by atoms with E-state index in [1.807, 2.05) is 23.1 Å². The van der Waals surface area contributed by atoms with Crippen LogP contribution in [0.4, 0.5) is 0 Å². The van der Waals surface area contributed by atoms with Crippen LogP contribution >= 0.6 is 0 Å². The second-order valence-corrected chi connectivity index (χ2v) is 8.26. The van der Waals surface area contributed by atoms with Crippen LogP contribution in [-0.4, -0.2) is 63.5 Å². The Morgan fingerprint density at radius 1 is 1.07 bits per heavy atom. The predicted molar refractivity (Wildman–Crippen MR) is 121 cm³/mol. The minimum atomic E-state index is 0.239. The van der Waals surface area contributed by atoms with Gasteiger partial charge in [-0.15, -0.1) is 0 Å². The highest BCUT2D eigenvalue weighted by Gasteiger charge is 2.26. The van der Waals surface area contributed by atoms with Crippen molar-refractivity contribution in [1.29, 1.82) is 0 Å². The van der Waals surface area contributed by atoms with E-state index in [9.17, 15) is 5.11 Å². The molecule has 0 radical (unpaired) electrons. The van der Waals surface area contributed by atoms with Gasteiger partial charge in [0.2, 0.25) is 0 Å². The van der Waals surface area contributed by atoms with Crippen LogP contribution in [0.25, 0.3) is 5.69 Å². The van der Waals surface area contributed by atoms with Gasteiger partial charge in [-0.1, -0.05) is 48.0 Å². The van der Waals surface area contributed by atoms with Crippen LogP contribution in [0.15, 0.2) is 67.0 Å². The van der Waals surface area contributed by atoms with Gasteiger partial charge in [0.25, 0.3) is 0 Å². The molecule has 1 aliphatic rings. The first-order chi connectivity index (χ1) is 14.7. The molecule has 1 aromatic heterocycles. The number of rotatable bonds is 8. The summed E-state index contributed by atoms with van der Waals surface area (Å²) in [6.07, 6.45) is 5.71. The molecule has 158 valence electrons. The fourth-order valence-electron chi connectivity index (χ4n) is 4.45. The molecule has 5 nitrogen and oxygen atoms in total. The molecule has 0 amide bonds. The summed E-state index contributed by atoms with van der Waals surface area (Å²) in [5, 5.41) is 14.1. The van der Waals surface area contributed by atoms with E-state index in [4.69, 9.17) is 0 Å². The highest BCUT2D eigenvalue weighted by molar-refractivity contribution is 5.42. The summed E-state index contributed by atoms with van der Waals surface area (Å²) in [6.45, 7) is 7.41. The first-order valence-electron chi connectivity index (χ1n) is 10.9. The number of hydrogen-bond donors (Lipinski definition) is 1. The normalized spacial score (nSPS) is 18.0. The molecule has 0 saturated carbocycles. The maximum absolute atomic E-state index is 9.65. The molecule has 2 aromatic carbocycles. The largest absolute Gasteiger partial charge is 0.396 e. The summed E-state index contributed by atoms with van der Waals surface area (Å²) in [5.74, 6) is 0. The Balaban J connectivity index is 1.43. The molecule has 1 fully saturated rings. The summed E-state index contributed by atoms with van der Waals surface area (Å²) in [7, 11) is 0. The van der Waals surface area contributed by atoms with E-state index in [0.717, 1.165) is 51.3 Å². The fraction of sp³-hybridized carbons (Fsp3) is 0.400. The van der Waals surface area contributed by atoms with E-state index in [-0.39, 0.29) is 6.61 Å². The average Bonchev–Trinajstić information content (AvgIpc) is 3.29. The van der Waals surface area contributed by atoms with Crippen molar-refractivity contribution in [1.82, 2.24) is 19.6 Å². The van der Waals surface area contributed by atoms with Gasteiger partial charge >= 0.3 is 0 Å². The van der Waals surface area contributed by atoms with Gasteiger partial charge in [0, 0.05) is 57.8 Å². The molecule has 1 N–H and O–H groups in total. The fourth-order valence-corrected chi connectivity index (χ4v) is 4.45. The third kappa shape index (κ3) is 5.17. The van der Waals surface area contributed by atoms with Gasteiger partial charge in [0.05, 0.1) is 5.69 Å². The van der Waals surface area contributed by atoms with Crippen LogP contribution in [0, 0.1) is 6.92 Å². The van der Waals surface area contributed by atoms with Gasteiger partial charge in [0.1, 0.15) is 0 Å². The van der Waals surface area contributed by atoms with E-state index in [1.54, 1.807) is 0 Å². The maximum Gasteiger partial charge on any atom is 0.0690 e. The first kappa shape index (κ1) is 20.8. The van der Waals surface area contributed by atoms with E-state index in [0.29, 0.717) is 6.04 Å². The van der Waals surface area contributed by atoms with Crippen molar-refractivity contribution in [3.8, 4) is 5.69 Å². The van der Waals surface area contributed by atoms with Gasteiger partial charge in [-0.3, -0.25) is 9.80 Å². The molecule has 0 bridgehead atoms. The summed E-state index contributed by atoms with van der Waals surface area (Å²) in [6, 6.07) is 19.6. The number of aryl methyl sites for hydroxylation is 1. The van der Waals surface area contributed by atoms with Gasteiger partial charge in [-0.2, -0.15) is 5.10 Å². The molecule has 30 heavy (non-hydrogen) atoms. The molecular formula is C25H32N4O. The molecule has 1 saturated heterocycles. The van der Waals surface area contributed by atoms with Gasteiger partial charge in [-0.05, 0) is 43.0 Å². The quantitative estimate of drug-likeness (QED) is 0.626. The van der Waals surface area contributed by atoms with E-state index in [2.05, 4.69) is 70.4 Å². The number of hydrogen-bond acceptors (Lipinski definition) is 4. The average molecular weight is 405 g/mol. The molecule has 2 heterocycles. The maximum atomic E-state index is 9.65. The van der Waals surface area contributed by atoms with Crippen molar-refractivity contribution >= 4 is 0 Å². The van der Waals surface area contributed by atoms with Crippen molar-refractivity contribution in [2.45, 2.75) is 32.4 Å². The van der Waals surface area contributed by atoms with E-state index < -0.39 is 0 Å². The lowest BCUT2D eigenvalue weighted by Gasteiger charge is -2.41. The Hall–Kier alpha value is -2.47. The topological polar surface area (TPSA) is 44.5 Å². The lowest BCUT2D eigenvalue weighted by Crippen LogP contribution is -2.53. The summed E-state index contributed by atoms with van der Waals surface area (Å²) >= 11 is 0. The van der Waals surface area contributed by atoms with E-state index in [1.165, 1.54) is 16.7 Å². The van der Waals surface area contributed by atoms with Crippen LogP contribution in [-0.2, 0) is 13.0 Å². The third-order valence-electron chi connectivity index (χ3n) is 6.06. The number of benzene rings is 2. The Kier molecular flexibility index (Phi) is 6.95. The predicted octanol–water partition coefficient (Wildman–Crippen LogP) is 3.29. The molecule has 1 atom stereocenters. The van der Waals surface area contributed by atoms with Crippen molar-refractivity contribution in [2.24, 2.45) is 0 Å². The Labute approximate surface area is 179 Å². The first-order valence-corrected chi connectivity index (χ1v) is 10.9. The number of nitrogens with zero attached hydrogens (tertiary/aromatic N) is 4. The summed E-state index contributed by atoms with van der Waals surface area (Å²) in [5.41, 5.74) is 5.11. The second-order valence-electron chi connectivity index (χ2n) is 8.26. The van der Waals surface area contributed by atoms with Crippen LogP contribution in [0.1, 0.15) is 23.1 Å². The zero-order valence-corrected chi connectivity index (χ0v) is 17.8. The third-order valence-corrected chi connectivity index (χ3v) is 6.06. The number of aromatic nitrogens is 2. The standard InChI is InChI=1S/C25H32N4O/c1-21-8-9-25(29-13-5-12-26-29)23(18-21)19-27-15-16-28(24(20-27)11-17-30)14-10-22-6-3-2-4-7-22/h2-9,12-13,18,24,30H,10-11,14-17,19-20H2,1H3/t24-/m1/s1. The van der Waals surface area contributed by atoms with Crippen molar-refractivity contribution in [3.63, 3.8) is 0 Å². The molecule has 1 aliphatic heterocycles. The van der Waals surface area contributed by atoms with Gasteiger partial charge in [0.15, 0.2) is 0 Å². The second kappa shape index (κ2) is 10.0. The zero-order valence-electron chi connectivity index (χ0n) is 17.8. The highest BCUT2D eigenvalue weighted by Crippen LogP contribution is 2.21. The summed E-state index contributed by atoms with van der Waals surface area (Å²) in [4.78, 5) is 5.09. The molecule has 5 heteroatoms. The smallest absolute Gasteiger partial charge is 0.0690 e. The van der Waals surface area contributed by atoms with Crippen LogP contribution in [0.2, 0.25) is 0 Å². The van der Waals surface area contributed by atoms with Crippen LogP contribution < -0.4 is 0 Å². The lowest BCUT2D eigenvalue weighted by molar-refractivity contribution is 0.0562. The van der Waals surface area contributed by atoms with Crippen molar-refractivity contribution in [3.05, 3.63) is 83.7 Å². The van der Waals surface area contributed by atoms with Gasteiger partial charge < -0.3 is 5.11 Å². The molecule has 0 aliphatic carbocycles. The zero-order chi connectivity index (χ0) is 20.8. The Morgan fingerprint density at radius 3 is 2.70 bits per heavy atom. The summed E-state index contributed by atoms with van der Waals surface area (Å²) < 4.78 is 1.95. The molecule has 0 unspecified atom stereocenters. The number of piperazine rings is 1. The minimum absolute atomic E-state index is 0.239. The molecule has 3 aromatic rings. The van der Waals surface area contributed by atoms with E-state index >= 15 is 0 Å². The van der Waals surface area contributed by atoms with Crippen molar-refractivity contribution in [2.75, 3.05) is 32.8 Å². The lowest BCUT2D eigenvalue weighted by atomic mass is 10.0. The van der Waals surface area contributed by atoms with Crippen LogP contribution in [0.3, 0.4) is 0 Å². The van der Waals surface area contributed by atoms with Crippen LogP contribution in [0.5, 0.6) is 0 Å². The Bertz CT molecular complexity index is 910. The Morgan fingerprint density at radius 2 is 1.93 bits per heavy atom. The molecular weight excluding hydrogens is 372 g/mol. The SMILES string of the molecule is Cc1ccc(-n2cccn2)c(CN2CCN(CCc3ccccc3)[C@H](CCO)C2)c1. The molecule has 4 rings (SSSR count). The monoisotopic (exact) mass is 404 g/mol. The minimum Gasteiger partial charge on any atom is -0.396 e. The molecule has 0 spiro atoms.